The highest BCUT2D eigenvalue weighted by atomic mass is 16.5. The molecule has 4 rings (SSSR count). The minimum absolute atomic E-state index is 0.145. The van der Waals surface area contributed by atoms with Crippen molar-refractivity contribution in [3.8, 4) is 5.75 Å². The van der Waals surface area contributed by atoms with Gasteiger partial charge in [-0.05, 0) is 53.6 Å². The van der Waals surface area contributed by atoms with Crippen molar-refractivity contribution in [2.24, 2.45) is 0 Å². The van der Waals surface area contributed by atoms with Crippen LogP contribution >= 0.6 is 0 Å². The molecular formula is C23H28N2O. The van der Waals surface area contributed by atoms with E-state index in [2.05, 4.69) is 68.3 Å². The molecule has 3 heteroatoms. The molecule has 2 heterocycles. The number of ether oxygens (including phenoxy) is 1. The average Bonchev–Trinajstić information content (AvgIpc) is 2.98. The van der Waals surface area contributed by atoms with E-state index in [0.717, 1.165) is 18.7 Å². The van der Waals surface area contributed by atoms with Gasteiger partial charge in [0.15, 0.2) is 0 Å². The van der Waals surface area contributed by atoms with Crippen molar-refractivity contribution in [1.82, 2.24) is 10.3 Å². The Morgan fingerprint density at radius 1 is 1.08 bits per heavy atom. The number of aromatic nitrogens is 1. The van der Waals surface area contributed by atoms with Gasteiger partial charge in [0.05, 0.1) is 13.2 Å². The van der Waals surface area contributed by atoms with Crippen molar-refractivity contribution in [2.45, 2.75) is 45.6 Å². The molecule has 1 unspecified atom stereocenters. The second-order valence-corrected chi connectivity index (χ2v) is 8.45. The Balaban J connectivity index is 1.85. The molecule has 0 radical (unpaired) electrons. The lowest BCUT2D eigenvalue weighted by molar-refractivity contribution is 0.415. The summed E-state index contributed by atoms with van der Waals surface area (Å²) >= 11 is 0. The van der Waals surface area contributed by atoms with Crippen LogP contribution in [0.2, 0.25) is 0 Å². The summed E-state index contributed by atoms with van der Waals surface area (Å²) in [6.07, 6.45) is 1.04. The van der Waals surface area contributed by atoms with E-state index in [1.807, 2.05) is 6.07 Å². The van der Waals surface area contributed by atoms with E-state index < -0.39 is 0 Å². The van der Waals surface area contributed by atoms with Gasteiger partial charge in [0.25, 0.3) is 0 Å². The van der Waals surface area contributed by atoms with Gasteiger partial charge in [0.1, 0.15) is 5.75 Å². The number of fused-ring (bicyclic) bond motifs is 3. The molecule has 3 nitrogen and oxygen atoms in total. The molecular weight excluding hydrogens is 320 g/mol. The molecule has 0 fully saturated rings. The predicted molar refractivity (Wildman–Crippen MR) is 108 cm³/mol. The Kier molecular flexibility index (Phi) is 4.07. The van der Waals surface area contributed by atoms with Crippen molar-refractivity contribution < 1.29 is 4.74 Å². The van der Waals surface area contributed by atoms with Crippen molar-refractivity contribution in [3.05, 3.63) is 64.3 Å². The van der Waals surface area contributed by atoms with Crippen LogP contribution in [-0.2, 0) is 11.8 Å². The lowest BCUT2D eigenvalue weighted by Gasteiger charge is -2.27. The third kappa shape index (κ3) is 2.90. The molecule has 0 spiro atoms. The van der Waals surface area contributed by atoms with E-state index in [9.17, 15) is 0 Å². The summed E-state index contributed by atoms with van der Waals surface area (Å²) in [6, 6.07) is 13.5. The Morgan fingerprint density at radius 3 is 2.62 bits per heavy atom. The molecule has 0 amide bonds. The summed E-state index contributed by atoms with van der Waals surface area (Å²) in [5.74, 6) is 0.917. The molecule has 136 valence electrons. The molecule has 1 aliphatic rings. The van der Waals surface area contributed by atoms with E-state index in [1.54, 1.807) is 7.11 Å². The van der Waals surface area contributed by atoms with Crippen LogP contribution in [0.15, 0.2) is 36.4 Å². The standard InChI is InChI=1S/C23H28N2O/c1-14-10-15(12-16(11-14)23(2,3)4)21-22-18(8-9-24-21)19-13-17(26-5)6-7-20(19)25-22/h6-7,10-13,21,24-25H,8-9H2,1-5H3. The number of nitrogens with one attached hydrogen (secondary N) is 2. The third-order valence-corrected chi connectivity index (χ3v) is 5.46. The third-order valence-electron chi connectivity index (χ3n) is 5.46. The highest BCUT2D eigenvalue weighted by Gasteiger charge is 2.26. The first-order valence-corrected chi connectivity index (χ1v) is 9.41. The first kappa shape index (κ1) is 17.2. The molecule has 1 aromatic heterocycles. The predicted octanol–water partition coefficient (Wildman–Crippen LogP) is 5.02. The fourth-order valence-electron chi connectivity index (χ4n) is 4.03. The van der Waals surface area contributed by atoms with Gasteiger partial charge in [-0.1, -0.05) is 44.5 Å². The van der Waals surface area contributed by atoms with Gasteiger partial charge in [-0.3, -0.25) is 0 Å². The van der Waals surface area contributed by atoms with Gasteiger partial charge < -0.3 is 15.0 Å². The Hall–Kier alpha value is -2.26. The minimum atomic E-state index is 0.145. The van der Waals surface area contributed by atoms with Crippen molar-refractivity contribution in [3.63, 3.8) is 0 Å². The first-order valence-electron chi connectivity index (χ1n) is 9.41. The largest absolute Gasteiger partial charge is 0.497 e. The fourth-order valence-corrected chi connectivity index (χ4v) is 4.03. The number of hydrogen-bond acceptors (Lipinski definition) is 2. The second-order valence-electron chi connectivity index (χ2n) is 8.45. The lowest BCUT2D eigenvalue weighted by Crippen LogP contribution is -2.30. The zero-order chi connectivity index (χ0) is 18.5. The monoisotopic (exact) mass is 348 g/mol. The Labute approximate surface area is 155 Å². The van der Waals surface area contributed by atoms with Gasteiger partial charge in [0, 0.05) is 23.1 Å². The van der Waals surface area contributed by atoms with Crippen LogP contribution in [0.5, 0.6) is 5.75 Å². The SMILES string of the molecule is COc1ccc2[nH]c3c(c2c1)CCNC3c1cc(C)cc(C(C)(C)C)c1. The van der Waals surface area contributed by atoms with Gasteiger partial charge >= 0.3 is 0 Å². The molecule has 3 aromatic rings. The molecule has 0 bridgehead atoms. The number of methoxy groups -OCH3 is 1. The maximum absolute atomic E-state index is 5.43. The van der Waals surface area contributed by atoms with E-state index >= 15 is 0 Å². The first-order chi connectivity index (χ1) is 12.4. The quantitative estimate of drug-likeness (QED) is 0.682. The molecule has 26 heavy (non-hydrogen) atoms. The van der Waals surface area contributed by atoms with Gasteiger partial charge in [0.2, 0.25) is 0 Å². The number of aryl methyl sites for hydroxylation is 1. The number of benzene rings is 2. The second kappa shape index (κ2) is 6.17. The number of hydrogen-bond donors (Lipinski definition) is 2. The summed E-state index contributed by atoms with van der Waals surface area (Å²) in [6.45, 7) is 10.0. The highest BCUT2D eigenvalue weighted by molar-refractivity contribution is 5.86. The lowest BCUT2D eigenvalue weighted by atomic mass is 9.83. The minimum Gasteiger partial charge on any atom is -0.497 e. The van der Waals surface area contributed by atoms with Gasteiger partial charge in [-0.2, -0.15) is 0 Å². The van der Waals surface area contributed by atoms with Crippen LogP contribution in [0.3, 0.4) is 0 Å². The van der Waals surface area contributed by atoms with Crippen LogP contribution in [0.1, 0.15) is 54.8 Å². The van der Waals surface area contributed by atoms with Crippen LogP contribution in [0, 0.1) is 6.92 Å². The zero-order valence-electron chi connectivity index (χ0n) is 16.4. The normalized spacial score (nSPS) is 17.3. The summed E-state index contributed by atoms with van der Waals surface area (Å²) in [4.78, 5) is 3.68. The van der Waals surface area contributed by atoms with Crippen LogP contribution < -0.4 is 10.1 Å². The Bertz CT molecular complexity index is 962. The molecule has 1 aliphatic heterocycles. The van der Waals surface area contributed by atoms with Crippen LogP contribution in [-0.4, -0.2) is 18.6 Å². The molecule has 2 aromatic carbocycles. The summed E-state index contributed by atoms with van der Waals surface area (Å²) in [5.41, 5.74) is 8.10. The van der Waals surface area contributed by atoms with E-state index in [4.69, 9.17) is 4.74 Å². The van der Waals surface area contributed by atoms with Crippen molar-refractivity contribution >= 4 is 10.9 Å². The summed E-state index contributed by atoms with van der Waals surface area (Å²) in [5, 5.41) is 5.01. The number of H-pyrrole nitrogens is 1. The highest BCUT2D eigenvalue weighted by Crippen LogP contribution is 2.36. The maximum atomic E-state index is 5.43. The Morgan fingerprint density at radius 2 is 1.88 bits per heavy atom. The van der Waals surface area contributed by atoms with Gasteiger partial charge in [-0.15, -0.1) is 0 Å². The van der Waals surface area contributed by atoms with Crippen LogP contribution in [0.25, 0.3) is 10.9 Å². The average molecular weight is 348 g/mol. The molecule has 0 saturated heterocycles. The molecule has 0 saturated carbocycles. The molecule has 2 N–H and O–H groups in total. The summed E-state index contributed by atoms with van der Waals surface area (Å²) < 4.78 is 5.43. The smallest absolute Gasteiger partial charge is 0.119 e. The number of aromatic amines is 1. The zero-order valence-corrected chi connectivity index (χ0v) is 16.4. The fraction of sp³-hybridized carbons (Fsp3) is 0.391. The van der Waals surface area contributed by atoms with E-state index in [-0.39, 0.29) is 11.5 Å². The van der Waals surface area contributed by atoms with Crippen molar-refractivity contribution in [1.29, 1.82) is 0 Å². The molecule has 1 atom stereocenters. The van der Waals surface area contributed by atoms with Gasteiger partial charge in [-0.25, -0.2) is 0 Å². The maximum Gasteiger partial charge on any atom is 0.119 e. The molecule has 0 aliphatic carbocycles. The van der Waals surface area contributed by atoms with E-state index in [0.29, 0.717) is 0 Å². The van der Waals surface area contributed by atoms with E-state index in [1.165, 1.54) is 38.9 Å². The van der Waals surface area contributed by atoms with Crippen molar-refractivity contribution in [2.75, 3.05) is 13.7 Å². The topological polar surface area (TPSA) is 37.0 Å². The van der Waals surface area contributed by atoms with Crippen LogP contribution in [0.4, 0.5) is 0 Å². The number of rotatable bonds is 2. The summed E-state index contributed by atoms with van der Waals surface area (Å²) in [7, 11) is 1.73.